The van der Waals surface area contributed by atoms with Crippen LogP contribution in [0.25, 0.3) is 10.6 Å². The maximum atomic E-state index is 13.1. The molecular weight excluding hydrogens is 440 g/mol. The predicted octanol–water partition coefficient (Wildman–Crippen LogP) is 4.22. The maximum absolute atomic E-state index is 13.1. The summed E-state index contributed by atoms with van der Waals surface area (Å²) in [6.07, 6.45) is 4.13. The van der Waals surface area contributed by atoms with E-state index in [0.717, 1.165) is 69.0 Å². The van der Waals surface area contributed by atoms with Crippen LogP contribution in [-0.4, -0.2) is 26.2 Å². The van der Waals surface area contributed by atoms with Crippen LogP contribution in [0.2, 0.25) is 0 Å². The van der Waals surface area contributed by atoms with Crippen molar-refractivity contribution in [3.8, 4) is 10.6 Å². The summed E-state index contributed by atoms with van der Waals surface area (Å²) in [7, 11) is 0. The van der Waals surface area contributed by atoms with E-state index in [0.29, 0.717) is 13.0 Å². The number of nitrogens with zero attached hydrogens (tertiary/aromatic N) is 3. The summed E-state index contributed by atoms with van der Waals surface area (Å²) in [6, 6.07) is 8.07. The van der Waals surface area contributed by atoms with Crippen LogP contribution in [0.1, 0.15) is 52.7 Å². The number of rotatable bonds is 5. The molecule has 1 aromatic carbocycles. The second-order valence-corrected chi connectivity index (χ2v) is 10.6. The van der Waals surface area contributed by atoms with Gasteiger partial charge in [0.05, 0.1) is 24.0 Å². The van der Waals surface area contributed by atoms with Gasteiger partial charge in [-0.1, -0.05) is 36.0 Å². The summed E-state index contributed by atoms with van der Waals surface area (Å²) in [4.78, 5) is 36.3. The molecule has 1 N–H and O–H groups in total. The van der Waals surface area contributed by atoms with Gasteiger partial charge in [0.2, 0.25) is 5.91 Å². The Morgan fingerprint density at radius 2 is 2.00 bits per heavy atom. The Kier molecular flexibility index (Phi) is 5.90. The van der Waals surface area contributed by atoms with E-state index in [9.17, 15) is 9.59 Å². The molecule has 8 heteroatoms. The highest BCUT2D eigenvalue weighted by atomic mass is 32.2. The number of thiazole rings is 1. The van der Waals surface area contributed by atoms with Crippen molar-refractivity contribution in [2.24, 2.45) is 0 Å². The second-order valence-electron chi connectivity index (χ2n) is 8.49. The third kappa shape index (κ3) is 4.01. The summed E-state index contributed by atoms with van der Waals surface area (Å²) >= 11 is 3.21. The molecule has 1 aliphatic carbocycles. The number of aromatic nitrogens is 3. The third-order valence-electron chi connectivity index (χ3n) is 6.26. The fourth-order valence-corrected chi connectivity index (χ4v) is 6.70. The van der Waals surface area contributed by atoms with Crippen molar-refractivity contribution in [3.63, 3.8) is 0 Å². The topological polar surface area (TPSA) is 76.9 Å². The van der Waals surface area contributed by atoms with E-state index in [1.807, 2.05) is 19.1 Å². The van der Waals surface area contributed by atoms with Gasteiger partial charge < -0.3 is 5.32 Å². The molecular formula is C24H26N4O2S2. The molecule has 2 aromatic heterocycles. The zero-order valence-electron chi connectivity index (χ0n) is 18.3. The number of carbonyl (C=O) groups is 1. The molecule has 0 bridgehead atoms. The largest absolute Gasteiger partial charge is 0.351 e. The van der Waals surface area contributed by atoms with Crippen LogP contribution in [0.15, 0.2) is 34.2 Å². The van der Waals surface area contributed by atoms with Gasteiger partial charge in [0.1, 0.15) is 5.01 Å². The minimum Gasteiger partial charge on any atom is -0.351 e. The lowest BCUT2D eigenvalue weighted by atomic mass is 9.97. The van der Waals surface area contributed by atoms with Crippen molar-refractivity contribution in [3.05, 3.63) is 62.0 Å². The summed E-state index contributed by atoms with van der Waals surface area (Å²) in [5, 5.41) is 4.80. The van der Waals surface area contributed by atoms with Gasteiger partial charge >= 0.3 is 0 Å². The minimum absolute atomic E-state index is 0.0432. The Hall–Kier alpha value is -2.45. The molecule has 5 rings (SSSR count). The summed E-state index contributed by atoms with van der Waals surface area (Å²) in [6.45, 7) is 4.52. The second kappa shape index (κ2) is 8.83. The Bertz CT molecular complexity index is 1250. The highest BCUT2D eigenvalue weighted by Crippen LogP contribution is 2.34. The van der Waals surface area contributed by atoms with Crippen LogP contribution in [-0.2, 0) is 24.2 Å². The molecule has 32 heavy (non-hydrogen) atoms. The van der Waals surface area contributed by atoms with Gasteiger partial charge in [-0.15, -0.1) is 11.3 Å². The molecule has 1 atom stereocenters. The molecule has 1 amide bonds. The van der Waals surface area contributed by atoms with Gasteiger partial charge in [0.15, 0.2) is 5.16 Å². The van der Waals surface area contributed by atoms with Crippen LogP contribution in [0.5, 0.6) is 0 Å². The van der Waals surface area contributed by atoms with Gasteiger partial charge in [0, 0.05) is 28.2 Å². The first-order valence-corrected chi connectivity index (χ1v) is 12.9. The van der Waals surface area contributed by atoms with Gasteiger partial charge in [-0.3, -0.25) is 14.2 Å². The van der Waals surface area contributed by atoms with E-state index in [2.05, 4.69) is 24.4 Å². The Morgan fingerprint density at radius 1 is 1.19 bits per heavy atom. The lowest BCUT2D eigenvalue weighted by Crippen LogP contribution is -2.33. The summed E-state index contributed by atoms with van der Waals surface area (Å²) < 4.78 is 1.77. The lowest BCUT2D eigenvalue weighted by Gasteiger charge is -2.18. The summed E-state index contributed by atoms with van der Waals surface area (Å²) in [5.41, 5.74) is 5.16. The van der Waals surface area contributed by atoms with Crippen molar-refractivity contribution in [2.75, 3.05) is 5.75 Å². The van der Waals surface area contributed by atoms with E-state index in [1.54, 1.807) is 27.7 Å². The first-order valence-electron chi connectivity index (χ1n) is 11.1. The Morgan fingerprint density at radius 3 is 2.84 bits per heavy atom. The Balaban J connectivity index is 1.27. The SMILES string of the molecule is Cc1ccccc1-c1nc(C)c(CNC(=O)CC2CSc3nc4c(c(=O)n32)CCCC4)s1. The highest BCUT2D eigenvalue weighted by Gasteiger charge is 2.30. The van der Waals surface area contributed by atoms with E-state index in [-0.39, 0.29) is 17.5 Å². The van der Waals surface area contributed by atoms with E-state index >= 15 is 0 Å². The van der Waals surface area contributed by atoms with Gasteiger partial charge in [-0.05, 0) is 45.1 Å². The number of aryl methyl sites for hydroxylation is 3. The van der Waals surface area contributed by atoms with Crippen LogP contribution in [0, 0.1) is 13.8 Å². The zero-order chi connectivity index (χ0) is 22.2. The fraction of sp³-hybridized carbons (Fsp3) is 0.417. The number of thioether (sulfide) groups is 1. The van der Waals surface area contributed by atoms with E-state index in [4.69, 9.17) is 9.97 Å². The minimum atomic E-state index is -0.132. The van der Waals surface area contributed by atoms with Crippen molar-refractivity contribution in [2.45, 2.75) is 63.7 Å². The number of carbonyl (C=O) groups excluding carboxylic acids is 1. The first-order chi connectivity index (χ1) is 15.5. The number of amides is 1. The monoisotopic (exact) mass is 466 g/mol. The molecule has 1 aliphatic heterocycles. The van der Waals surface area contributed by atoms with Crippen molar-refractivity contribution < 1.29 is 4.79 Å². The predicted molar refractivity (Wildman–Crippen MR) is 128 cm³/mol. The average molecular weight is 467 g/mol. The molecule has 6 nitrogen and oxygen atoms in total. The molecule has 0 radical (unpaired) electrons. The maximum Gasteiger partial charge on any atom is 0.257 e. The molecule has 0 spiro atoms. The molecule has 3 heterocycles. The molecule has 0 saturated heterocycles. The number of hydrogen-bond donors (Lipinski definition) is 1. The van der Waals surface area contributed by atoms with Crippen LogP contribution in [0.4, 0.5) is 0 Å². The summed E-state index contributed by atoms with van der Waals surface area (Å²) in [5.74, 6) is 0.675. The molecule has 0 saturated carbocycles. The number of hydrogen-bond acceptors (Lipinski definition) is 6. The zero-order valence-corrected chi connectivity index (χ0v) is 19.9. The quantitative estimate of drug-likeness (QED) is 0.570. The fourth-order valence-electron chi connectivity index (χ4n) is 4.45. The number of benzene rings is 1. The Labute approximate surface area is 195 Å². The van der Waals surface area contributed by atoms with Crippen molar-refractivity contribution in [1.82, 2.24) is 19.9 Å². The van der Waals surface area contributed by atoms with E-state index in [1.165, 1.54) is 5.56 Å². The van der Waals surface area contributed by atoms with Crippen molar-refractivity contribution in [1.29, 1.82) is 0 Å². The normalized spacial score (nSPS) is 17.1. The molecule has 1 unspecified atom stereocenters. The van der Waals surface area contributed by atoms with Gasteiger partial charge in [-0.25, -0.2) is 9.97 Å². The van der Waals surface area contributed by atoms with E-state index < -0.39 is 0 Å². The van der Waals surface area contributed by atoms with Crippen LogP contribution < -0.4 is 10.9 Å². The van der Waals surface area contributed by atoms with Crippen LogP contribution >= 0.6 is 23.1 Å². The lowest BCUT2D eigenvalue weighted by molar-refractivity contribution is -0.121. The van der Waals surface area contributed by atoms with Gasteiger partial charge in [-0.2, -0.15) is 0 Å². The molecule has 2 aliphatic rings. The number of fused-ring (bicyclic) bond motifs is 2. The number of nitrogens with one attached hydrogen (secondary N) is 1. The van der Waals surface area contributed by atoms with Gasteiger partial charge in [0.25, 0.3) is 5.56 Å². The molecule has 166 valence electrons. The third-order valence-corrected chi connectivity index (χ3v) is 8.55. The van der Waals surface area contributed by atoms with Crippen molar-refractivity contribution >= 4 is 29.0 Å². The smallest absolute Gasteiger partial charge is 0.257 e. The van der Waals surface area contributed by atoms with Crippen LogP contribution in [0.3, 0.4) is 0 Å². The molecule has 3 aromatic rings. The average Bonchev–Trinajstić information content (AvgIpc) is 3.36. The highest BCUT2D eigenvalue weighted by molar-refractivity contribution is 7.99. The standard InChI is InChI=1S/C24H26N4O2S2/c1-14-7-3-4-8-17(14)22-26-15(2)20(32-22)12-25-21(29)11-16-13-31-24-27-19-10-6-5-9-18(19)23(30)28(16)24/h3-4,7-8,16H,5-6,9-13H2,1-2H3,(H,25,29). The first kappa shape index (κ1) is 21.4. The molecule has 0 fully saturated rings.